The molecule has 0 saturated carbocycles. The number of aryl methyl sites for hydroxylation is 1. The quantitative estimate of drug-likeness (QED) is 0.725. The zero-order valence-electron chi connectivity index (χ0n) is 12.8. The number of hydrogen-bond donors (Lipinski definition) is 2. The number of benzene rings is 1. The summed E-state index contributed by atoms with van der Waals surface area (Å²) in [5, 5.41) is 2.89. The number of nitrogens with zero attached hydrogens (tertiary/aromatic N) is 2. The van der Waals surface area contributed by atoms with Gasteiger partial charge in [0.1, 0.15) is 5.75 Å². The Hall–Kier alpha value is -2.34. The molecule has 1 aromatic heterocycles. The van der Waals surface area contributed by atoms with Crippen LogP contribution in [-0.4, -0.2) is 28.6 Å². The van der Waals surface area contributed by atoms with E-state index in [1.807, 2.05) is 11.5 Å². The van der Waals surface area contributed by atoms with Crippen molar-refractivity contribution >= 4 is 5.91 Å². The van der Waals surface area contributed by atoms with E-state index in [9.17, 15) is 4.79 Å². The SMILES string of the molecule is CCn1cncc1CNC(=O)c1ccc(OCCCN)cc1. The van der Waals surface area contributed by atoms with Gasteiger partial charge in [-0.2, -0.15) is 0 Å². The number of imidazole rings is 1. The third kappa shape index (κ3) is 4.33. The van der Waals surface area contributed by atoms with Gasteiger partial charge >= 0.3 is 0 Å². The predicted octanol–water partition coefficient (Wildman–Crippen LogP) is 1.56. The zero-order valence-corrected chi connectivity index (χ0v) is 12.8. The van der Waals surface area contributed by atoms with Gasteiger partial charge in [-0.15, -0.1) is 0 Å². The van der Waals surface area contributed by atoms with Gasteiger partial charge in [0, 0.05) is 18.3 Å². The van der Waals surface area contributed by atoms with Gasteiger partial charge in [-0.3, -0.25) is 4.79 Å². The maximum absolute atomic E-state index is 12.1. The Bertz CT molecular complexity index is 592. The Morgan fingerprint density at radius 1 is 1.36 bits per heavy atom. The summed E-state index contributed by atoms with van der Waals surface area (Å²) in [6.07, 6.45) is 4.33. The summed E-state index contributed by atoms with van der Waals surface area (Å²) in [4.78, 5) is 16.2. The van der Waals surface area contributed by atoms with Crippen molar-refractivity contribution < 1.29 is 9.53 Å². The summed E-state index contributed by atoms with van der Waals surface area (Å²) in [6.45, 7) is 4.52. The molecule has 2 aromatic rings. The number of rotatable bonds is 8. The highest BCUT2D eigenvalue weighted by molar-refractivity contribution is 5.94. The zero-order chi connectivity index (χ0) is 15.8. The third-order valence-corrected chi connectivity index (χ3v) is 3.30. The molecule has 0 radical (unpaired) electrons. The lowest BCUT2D eigenvalue weighted by Crippen LogP contribution is -2.24. The van der Waals surface area contributed by atoms with Crippen LogP contribution in [0.1, 0.15) is 29.4 Å². The van der Waals surface area contributed by atoms with Crippen LogP contribution in [0.4, 0.5) is 0 Å². The predicted molar refractivity (Wildman–Crippen MR) is 84.7 cm³/mol. The van der Waals surface area contributed by atoms with E-state index in [1.54, 1.807) is 36.8 Å². The molecule has 0 spiro atoms. The molecule has 2 rings (SSSR count). The van der Waals surface area contributed by atoms with Crippen molar-refractivity contribution in [1.82, 2.24) is 14.9 Å². The second-order valence-corrected chi connectivity index (χ2v) is 4.87. The molecular formula is C16H22N4O2. The molecule has 3 N–H and O–H groups in total. The van der Waals surface area contributed by atoms with Crippen molar-refractivity contribution in [2.75, 3.05) is 13.2 Å². The van der Waals surface area contributed by atoms with E-state index in [0.29, 0.717) is 25.3 Å². The van der Waals surface area contributed by atoms with Crippen molar-refractivity contribution in [2.24, 2.45) is 5.73 Å². The molecule has 0 fully saturated rings. The fraction of sp³-hybridized carbons (Fsp3) is 0.375. The third-order valence-electron chi connectivity index (χ3n) is 3.30. The Balaban J connectivity index is 1.87. The Labute approximate surface area is 130 Å². The largest absolute Gasteiger partial charge is 0.494 e. The van der Waals surface area contributed by atoms with E-state index in [2.05, 4.69) is 10.3 Å². The first-order valence-corrected chi connectivity index (χ1v) is 7.44. The van der Waals surface area contributed by atoms with Gasteiger partial charge in [-0.05, 0) is 44.2 Å². The molecule has 0 aliphatic carbocycles. The van der Waals surface area contributed by atoms with Crippen LogP contribution >= 0.6 is 0 Å². The number of ether oxygens (including phenoxy) is 1. The standard InChI is InChI=1S/C16H22N4O2/c1-2-20-12-18-10-14(20)11-19-16(21)13-4-6-15(7-5-13)22-9-3-8-17/h4-7,10,12H,2-3,8-9,11,17H2,1H3,(H,19,21). The number of carbonyl (C=O) groups excluding carboxylic acids is 1. The van der Waals surface area contributed by atoms with Crippen molar-refractivity contribution in [3.05, 3.63) is 48.0 Å². The minimum absolute atomic E-state index is 0.114. The van der Waals surface area contributed by atoms with E-state index in [1.165, 1.54) is 0 Å². The van der Waals surface area contributed by atoms with Gasteiger partial charge in [0.2, 0.25) is 0 Å². The van der Waals surface area contributed by atoms with Crippen LogP contribution in [0.15, 0.2) is 36.8 Å². The van der Waals surface area contributed by atoms with Crippen molar-refractivity contribution in [2.45, 2.75) is 26.4 Å². The summed E-state index contributed by atoms with van der Waals surface area (Å²) in [5.41, 5.74) is 7.00. The van der Waals surface area contributed by atoms with Crippen molar-refractivity contribution in [3.8, 4) is 5.75 Å². The number of nitrogens with two attached hydrogens (primary N) is 1. The van der Waals surface area contributed by atoms with Crippen LogP contribution in [0.2, 0.25) is 0 Å². The highest BCUT2D eigenvalue weighted by Gasteiger charge is 2.07. The lowest BCUT2D eigenvalue weighted by atomic mass is 10.2. The average Bonchev–Trinajstić information content (AvgIpc) is 3.01. The number of amides is 1. The second-order valence-electron chi connectivity index (χ2n) is 4.87. The highest BCUT2D eigenvalue weighted by atomic mass is 16.5. The van der Waals surface area contributed by atoms with E-state index in [0.717, 1.165) is 24.4 Å². The maximum Gasteiger partial charge on any atom is 0.251 e. The van der Waals surface area contributed by atoms with E-state index >= 15 is 0 Å². The molecule has 1 amide bonds. The maximum atomic E-state index is 12.1. The summed E-state index contributed by atoms with van der Waals surface area (Å²) < 4.78 is 7.50. The normalized spacial score (nSPS) is 10.5. The van der Waals surface area contributed by atoms with Gasteiger partial charge in [-0.25, -0.2) is 4.98 Å². The molecule has 0 aliphatic heterocycles. The monoisotopic (exact) mass is 302 g/mol. The van der Waals surface area contributed by atoms with Gasteiger partial charge in [0.15, 0.2) is 0 Å². The molecule has 6 heteroatoms. The van der Waals surface area contributed by atoms with Gasteiger partial charge in [-0.1, -0.05) is 0 Å². The molecule has 0 saturated heterocycles. The van der Waals surface area contributed by atoms with E-state index < -0.39 is 0 Å². The second kappa shape index (κ2) is 8.19. The van der Waals surface area contributed by atoms with E-state index in [4.69, 9.17) is 10.5 Å². The number of hydrogen-bond acceptors (Lipinski definition) is 4. The number of carbonyl (C=O) groups is 1. The van der Waals surface area contributed by atoms with Crippen LogP contribution in [-0.2, 0) is 13.1 Å². The fourth-order valence-electron chi connectivity index (χ4n) is 2.03. The molecule has 0 unspecified atom stereocenters. The van der Waals surface area contributed by atoms with Crippen LogP contribution in [0.3, 0.4) is 0 Å². The highest BCUT2D eigenvalue weighted by Crippen LogP contribution is 2.12. The summed E-state index contributed by atoms with van der Waals surface area (Å²) in [5.74, 6) is 0.631. The Morgan fingerprint density at radius 3 is 2.82 bits per heavy atom. The lowest BCUT2D eigenvalue weighted by molar-refractivity contribution is 0.0950. The number of nitrogens with one attached hydrogen (secondary N) is 1. The first-order chi connectivity index (χ1) is 10.7. The fourth-order valence-corrected chi connectivity index (χ4v) is 2.03. The number of aromatic nitrogens is 2. The summed E-state index contributed by atoms with van der Waals surface area (Å²) in [7, 11) is 0. The van der Waals surface area contributed by atoms with Gasteiger partial charge < -0.3 is 20.4 Å². The van der Waals surface area contributed by atoms with Gasteiger partial charge in [0.25, 0.3) is 5.91 Å². The smallest absolute Gasteiger partial charge is 0.251 e. The summed E-state index contributed by atoms with van der Waals surface area (Å²) in [6, 6.07) is 7.10. The first kappa shape index (κ1) is 16.0. The molecule has 0 bridgehead atoms. The Morgan fingerprint density at radius 2 is 2.14 bits per heavy atom. The molecule has 22 heavy (non-hydrogen) atoms. The Kier molecular flexibility index (Phi) is 5.97. The minimum atomic E-state index is -0.114. The van der Waals surface area contributed by atoms with Crippen LogP contribution in [0.25, 0.3) is 0 Å². The van der Waals surface area contributed by atoms with Crippen LogP contribution in [0.5, 0.6) is 5.75 Å². The molecule has 6 nitrogen and oxygen atoms in total. The van der Waals surface area contributed by atoms with Crippen LogP contribution in [0, 0.1) is 0 Å². The van der Waals surface area contributed by atoms with Gasteiger partial charge in [0.05, 0.1) is 25.2 Å². The molecule has 0 atom stereocenters. The van der Waals surface area contributed by atoms with Crippen molar-refractivity contribution in [3.63, 3.8) is 0 Å². The average molecular weight is 302 g/mol. The van der Waals surface area contributed by atoms with Crippen LogP contribution < -0.4 is 15.8 Å². The molecule has 1 heterocycles. The molecular weight excluding hydrogens is 280 g/mol. The lowest BCUT2D eigenvalue weighted by Gasteiger charge is -2.08. The molecule has 0 aliphatic rings. The van der Waals surface area contributed by atoms with E-state index in [-0.39, 0.29) is 5.91 Å². The molecule has 118 valence electrons. The van der Waals surface area contributed by atoms with Crippen molar-refractivity contribution in [1.29, 1.82) is 0 Å². The minimum Gasteiger partial charge on any atom is -0.494 e. The summed E-state index contributed by atoms with van der Waals surface area (Å²) >= 11 is 0. The molecule has 1 aromatic carbocycles. The topological polar surface area (TPSA) is 82.2 Å². The first-order valence-electron chi connectivity index (χ1n) is 7.44.